The largest absolute Gasteiger partial charge is 0.326 e. The van der Waals surface area contributed by atoms with Crippen LogP contribution in [0.3, 0.4) is 0 Å². The summed E-state index contributed by atoms with van der Waals surface area (Å²) in [5.74, 6) is 2.17. The molecule has 1 amide bonds. The molecule has 1 aliphatic carbocycles. The van der Waals surface area contributed by atoms with Gasteiger partial charge in [0.15, 0.2) is 5.78 Å². The Morgan fingerprint density at radius 2 is 0.756 bits per heavy atom. The fraction of sp³-hybridized carbons (Fsp3) is 0.295. The summed E-state index contributed by atoms with van der Waals surface area (Å²) in [5.41, 5.74) is 27.3. The van der Waals surface area contributed by atoms with E-state index in [1.807, 2.05) is 155 Å². The number of sulfonamides is 2. The highest BCUT2D eigenvalue weighted by Gasteiger charge is 2.26. The average molecular weight is 1870 g/mol. The Bertz CT molecular complexity index is 6640. The van der Waals surface area contributed by atoms with Crippen LogP contribution < -0.4 is 5.32 Å². The van der Waals surface area contributed by atoms with Crippen molar-refractivity contribution in [2.75, 3.05) is 32.5 Å². The standard InChI is InChI=1S/C19H22N2O.C18H24N2O2S.C16H20N2O2S.C15H15FN2O.C15H14N2S.C15H17N.C14H14FN/c1-13(2)19-17(4-3-11-20-19)15-7-9-16(10-8-15)21-18(22)12-14-5-6-14;1-5-20(6-2)23(21,22)16-11-9-15(10-12-16)17-8-7-13-19-18(17)14(3)4;1-12(2)16-15(6-5-11-17-16)13-7-9-14(10-8-13)21(19,20)18(3)4;1-9(2)15-12(6-7-17-18-15)11-4-5-14(16)13(8-11)10(3)19;1-10(2)15-12(4-3-7-16-15)11-5-6-14-13(8-11)17-9-18-14;1-11(2)15-14(5-4-10-16-15)13-8-6-12(3)7-9-13;1-10(2)14-13(7-4-8-16-14)11-5-3-6-12(15)9-11/h3-4,7-11,13-14H,5-6,12H2,1-2H3,(H,21,22);7-14H,5-6H2,1-4H3;5-12H,1-4H3;4-9H,1-3H3;3-10H,1-2H3;4-11H,1-3H3;3-10H,1-2H3. The molecule has 0 bridgehead atoms. The van der Waals surface area contributed by atoms with Gasteiger partial charge >= 0.3 is 0 Å². The quantitative estimate of drug-likeness (QED) is 0.0554. The highest BCUT2D eigenvalue weighted by atomic mass is 32.2. The van der Waals surface area contributed by atoms with Crippen molar-refractivity contribution in [2.24, 2.45) is 5.92 Å². The van der Waals surface area contributed by atoms with Gasteiger partial charge in [-0.1, -0.05) is 238 Å². The lowest BCUT2D eigenvalue weighted by atomic mass is 9.96. The van der Waals surface area contributed by atoms with E-state index in [-0.39, 0.29) is 29.0 Å². The van der Waals surface area contributed by atoms with E-state index < -0.39 is 25.9 Å². The highest BCUT2D eigenvalue weighted by Crippen LogP contribution is 2.38. The maximum atomic E-state index is 13.5. The maximum absolute atomic E-state index is 13.5. The van der Waals surface area contributed by atoms with E-state index in [4.69, 9.17) is 0 Å². The van der Waals surface area contributed by atoms with Gasteiger partial charge in [-0.3, -0.25) is 39.5 Å². The number of aryl methyl sites for hydroxylation is 1. The van der Waals surface area contributed by atoms with Gasteiger partial charge in [0.25, 0.3) is 0 Å². The van der Waals surface area contributed by atoms with E-state index in [1.54, 1.807) is 84.7 Å². The third kappa shape index (κ3) is 28.7. The van der Waals surface area contributed by atoms with Crippen LogP contribution in [-0.2, 0) is 24.8 Å². The number of rotatable bonds is 24. The molecule has 1 saturated carbocycles. The number of ketones is 1. The van der Waals surface area contributed by atoms with Gasteiger partial charge < -0.3 is 5.32 Å². The van der Waals surface area contributed by atoms with Crippen LogP contribution in [0.2, 0.25) is 0 Å². The molecule has 1 N–H and O–H groups in total. The zero-order chi connectivity index (χ0) is 97.8. The van der Waals surface area contributed by atoms with Crippen LogP contribution in [0, 0.1) is 24.5 Å². The van der Waals surface area contributed by atoms with Gasteiger partial charge in [-0.15, -0.1) is 11.3 Å². The molecule has 1 fully saturated rings. The summed E-state index contributed by atoms with van der Waals surface area (Å²) < 4.78 is 79.8. The molecule has 8 aromatic heterocycles. The second kappa shape index (κ2) is 49.5. The van der Waals surface area contributed by atoms with Crippen molar-refractivity contribution < 1.29 is 35.2 Å². The van der Waals surface area contributed by atoms with Crippen LogP contribution >= 0.6 is 11.3 Å². The Morgan fingerprint density at radius 1 is 0.400 bits per heavy atom. The molecule has 7 aromatic carbocycles. The Balaban J connectivity index is 0.000000163. The molecule has 1 aliphatic rings. The molecular formula is C112H126F2N12O6S3. The number of nitrogens with one attached hydrogen (secondary N) is 1. The maximum Gasteiger partial charge on any atom is 0.243 e. The van der Waals surface area contributed by atoms with E-state index in [0.717, 1.165) is 101 Å². The molecule has 8 heterocycles. The van der Waals surface area contributed by atoms with Crippen LogP contribution in [0.5, 0.6) is 0 Å². The second-order valence-electron chi connectivity index (χ2n) is 35.4. The SMILES string of the molecule is CC(=O)c1cc(-c2ccnnc2C(C)C)ccc1F.CC(C)c1ncccc1-c1ccc(NC(=O)CC2CC2)cc1.CC(C)c1ncccc1-c1ccc(S(=O)(=O)N(C)C)cc1.CC(C)c1ncccc1-c1ccc2scnc2c1.CC(C)c1ncccc1-c1cccc(F)c1.CCN(CC)S(=O)(=O)c1ccc(-c2cccnc2C(C)C)cc1.Cc1ccc(-c2cccnc2C(C)C)cc1. The lowest BCUT2D eigenvalue weighted by Gasteiger charge is -2.18. The second-order valence-corrected chi connectivity index (χ2v) is 40.4. The van der Waals surface area contributed by atoms with Crippen LogP contribution in [0.4, 0.5) is 14.5 Å². The fourth-order valence-electron chi connectivity index (χ4n) is 15.2. The summed E-state index contributed by atoms with van der Waals surface area (Å²) in [6, 6.07) is 74.2. The molecule has 23 heteroatoms. The van der Waals surface area contributed by atoms with E-state index in [9.17, 15) is 35.2 Å². The van der Waals surface area contributed by atoms with Crippen molar-refractivity contribution >= 4 is 59.0 Å². The minimum Gasteiger partial charge on any atom is -0.326 e. The number of pyridine rings is 6. The van der Waals surface area contributed by atoms with Crippen LogP contribution in [-0.4, -0.2) is 109 Å². The average Bonchev–Trinajstić information content (AvgIpc) is 1.64. The van der Waals surface area contributed by atoms with Gasteiger partial charge in [0, 0.05) is 115 Å². The number of amides is 1. The van der Waals surface area contributed by atoms with Crippen molar-refractivity contribution in [1.29, 1.82) is 0 Å². The molecule has 702 valence electrons. The van der Waals surface area contributed by atoms with Crippen LogP contribution in [0.25, 0.3) is 88.1 Å². The zero-order valence-electron chi connectivity index (χ0n) is 81.1. The Hall–Kier alpha value is -12.8. The lowest BCUT2D eigenvalue weighted by Crippen LogP contribution is -2.30. The van der Waals surface area contributed by atoms with Gasteiger partial charge in [0.1, 0.15) is 11.6 Å². The van der Waals surface area contributed by atoms with Crippen molar-refractivity contribution in [3.8, 4) is 77.9 Å². The van der Waals surface area contributed by atoms with Crippen molar-refractivity contribution in [2.45, 2.75) is 195 Å². The number of nitrogens with zero attached hydrogens (tertiary/aromatic N) is 11. The number of fused-ring (bicyclic) bond motifs is 1. The highest BCUT2D eigenvalue weighted by molar-refractivity contribution is 7.89. The normalized spacial score (nSPS) is 11.8. The third-order valence-electron chi connectivity index (χ3n) is 22.5. The van der Waals surface area contributed by atoms with Gasteiger partial charge in [-0.2, -0.15) is 14.5 Å². The first-order valence-corrected chi connectivity index (χ1v) is 49.8. The number of carbonyl (C=O) groups excluding carboxylic acids is 2. The topological polar surface area (TPSA) is 237 Å². The predicted octanol–water partition coefficient (Wildman–Crippen LogP) is 27.9. The summed E-state index contributed by atoms with van der Waals surface area (Å²) in [6.07, 6.45) is 15.6. The molecule has 16 rings (SSSR count). The Labute approximate surface area is 801 Å². The van der Waals surface area contributed by atoms with Crippen molar-refractivity contribution in [3.63, 3.8) is 0 Å². The van der Waals surface area contributed by atoms with Crippen LogP contribution in [0.15, 0.2) is 295 Å². The molecule has 0 spiro atoms. The number of anilines is 1. The van der Waals surface area contributed by atoms with Crippen LogP contribution in [0.1, 0.15) is 234 Å². The first-order valence-electron chi connectivity index (χ1n) is 46.0. The number of hydrogen-bond acceptors (Lipinski definition) is 16. The first-order chi connectivity index (χ1) is 64.5. The number of thiazole rings is 1. The minimum atomic E-state index is -3.41. The Morgan fingerprint density at radius 3 is 1.13 bits per heavy atom. The van der Waals surface area contributed by atoms with E-state index in [1.165, 1.54) is 92.8 Å². The number of halogens is 2. The van der Waals surface area contributed by atoms with E-state index >= 15 is 0 Å². The number of hydrogen-bond donors (Lipinski definition) is 1. The first kappa shape index (κ1) is 104. The molecule has 18 nitrogen and oxygen atoms in total. The summed E-state index contributed by atoms with van der Waals surface area (Å²) in [6.45, 7) is 37.7. The lowest BCUT2D eigenvalue weighted by molar-refractivity contribution is -0.116. The summed E-state index contributed by atoms with van der Waals surface area (Å²) >= 11 is 1.67. The monoisotopic (exact) mass is 1870 g/mol. The van der Waals surface area contributed by atoms with Crippen molar-refractivity contribution in [3.05, 3.63) is 348 Å². The Kier molecular flexibility index (Phi) is 38.2. The van der Waals surface area contributed by atoms with Gasteiger partial charge in [-0.25, -0.2) is 34.9 Å². The summed E-state index contributed by atoms with van der Waals surface area (Å²) in [7, 11) is -3.74. The number of Topliss-reactive ketones (excluding diaryl/α,β-unsaturated/α-hetero) is 1. The third-order valence-corrected chi connectivity index (χ3v) is 27.2. The van der Waals surface area contributed by atoms with Crippen molar-refractivity contribution in [1.82, 2.24) is 53.7 Å². The summed E-state index contributed by atoms with van der Waals surface area (Å²) in [4.78, 5) is 55.0. The molecular weight excluding hydrogens is 1740 g/mol. The molecule has 0 saturated heterocycles. The predicted molar refractivity (Wildman–Crippen MR) is 549 cm³/mol. The van der Waals surface area contributed by atoms with Gasteiger partial charge in [-0.05, 0) is 228 Å². The number of benzene rings is 7. The smallest absolute Gasteiger partial charge is 0.243 e. The number of carbonyl (C=O) groups is 2. The van der Waals surface area contributed by atoms with Gasteiger partial charge in [0.2, 0.25) is 26.0 Å². The van der Waals surface area contributed by atoms with E-state index in [2.05, 4.69) is 213 Å². The molecule has 15 aromatic rings. The number of aromatic nitrogens is 9. The van der Waals surface area contributed by atoms with Gasteiger partial charge in [0.05, 0.1) is 77.1 Å². The molecule has 0 aliphatic heterocycles. The van der Waals surface area contributed by atoms with E-state index in [0.29, 0.717) is 70.7 Å². The fourth-order valence-corrected chi connectivity index (χ4v) is 18.2. The molecule has 135 heavy (non-hydrogen) atoms. The molecule has 0 unspecified atom stereocenters. The minimum absolute atomic E-state index is 0.101. The summed E-state index contributed by atoms with van der Waals surface area (Å²) in [5, 5.41) is 11.0. The molecule has 0 atom stereocenters. The molecule has 0 radical (unpaired) electrons. The zero-order valence-corrected chi connectivity index (χ0v) is 83.6.